The Morgan fingerprint density at radius 1 is 1.42 bits per heavy atom. The lowest BCUT2D eigenvalue weighted by molar-refractivity contribution is 0.550. The molecule has 0 unspecified atom stereocenters. The van der Waals surface area contributed by atoms with Crippen LogP contribution in [0.5, 0.6) is 0 Å². The molecule has 12 heavy (non-hydrogen) atoms. The molecule has 0 saturated carbocycles. The van der Waals surface area contributed by atoms with Gasteiger partial charge in [-0.15, -0.1) is 21.5 Å². The Morgan fingerprint density at radius 2 is 2.17 bits per heavy atom. The Hall–Kier alpha value is -0.480. The fourth-order valence-corrected chi connectivity index (χ4v) is 1.56. The van der Waals surface area contributed by atoms with Gasteiger partial charge < -0.3 is 5.32 Å². The minimum Gasteiger partial charge on any atom is -0.310 e. The van der Waals surface area contributed by atoms with Crippen LogP contribution in [0.15, 0.2) is 0 Å². The SMILES string of the molecule is Cc1nnc(CNCC(C)C)s1. The molecule has 0 atom stereocenters. The first-order valence-electron chi connectivity index (χ1n) is 4.18. The quantitative estimate of drug-likeness (QED) is 0.774. The third-order valence-electron chi connectivity index (χ3n) is 1.40. The van der Waals surface area contributed by atoms with Crippen LogP contribution in [0.3, 0.4) is 0 Å². The van der Waals surface area contributed by atoms with E-state index in [1.165, 1.54) is 0 Å². The Morgan fingerprint density at radius 3 is 2.67 bits per heavy atom. The van der Waals surface area contributed by atoms with Gasteiger partial charge in [0, 0.05) is 6.54 Å². The summed E-state index contributed by atoms with van der Waals surface area (Å²) >= 11 is 1.65. The van der Waals surface area contributed by atoms with E-state index < -0.39 is 0 Å². The maximum atomic E-state index is 4.02. The van der Waals surface area contributed by atoms with Crippen molar-refractivity contribution in [1.29, 1.82) is 0 Å². The van der Waals surface area contributed by atoms with Crippen LogP contribution in [-0.4, -0.2) is 16.7 Å². The molecule has 1 rings (SSSR count). The summed E-state index contributed by atoms with van der Waals surface area (Å²) in [7, 11) is 0. The van der Waals surface area contributed by atoms with E-state index in [1.54, 1.807) is 11.3 Å². The molecule has 0 spiro atoms. The van der Waals surface area contributed by atoms with Gasteiger partial charge in [-0.3, -0.25) is 0 Å². The molecule has 0 fully saturated rings. The molecule has 4 heteroatoms. The van der Waals surface area contributed by atoms with Crippen LogP contribution >= 0.6 is 11.3 Å². The Kier molecular flexibility index (Phi) is 3.62. The van der Waals surface area contributed by atoms with Crippen molar-refractivity contribution in [3.05, 3.63) is 10.0 Å². The molecule has 0 aliphatic rings. The lowest BCUT2D eigenvalue weighted by Gasteiger charge is -2.03. The van der Waals surface area contributed by atoms with E-state index in [1.807, 2.05) is 6.92 Å². The summed E-state index contributed by atoms with van der Waals surface area (Å²) in [6, 6.07) is 0. The van der Waals surface area contributed by atoms with Crippen molar-refractivity contribution in [3.8, 4) is 0 Å². The largest absolute Gasteiger partial charge is 0.310 e. The predicted molar refractivity (Wildman–Crippen MR) is 51.2 cm³/mol. The normalized spacial score (nSPS) is 11.0. The van der Waals surface area contributed by atoms with Crippen LogP contribution in [0.2, 0.25) is 0 Å². The first-order chi connectivity index (χ1) is 5.68. The minimum atomic E-state index is 0.694. The van der Waals surface area contributed by atoms with E-state index in [4.69, 9.17) is 0 Å². The molecule has 1 aromatic rings. The molecule has 0 aromatic carbocycles. The zero-order chi connectivity index (χ0) is 8.97. The highest BCUT2D eigenvalue weighted by atomic mass is 32.1. The zero-order valence-corrected chi connectivity index (χ0v) is 8.61. The summed E-state index contributed by atoms with van der Waals surface area (Å²) in [5.41, 5.74) is 0. The van der Waals surface area contributed by atoms with Crippen molar-refractivity contribution in [2.75, 3.05) is 6.54 Å². The highest BCUT2D eigenvalue weighted by molar-refractivity contribution is 7.11. The Balaban J connectivity index is 2.24. The molecule has 0 amide bonds. The van der Waals surface area contributed by atoms with Crippen molar-refractivity contribution in [2.45, 2.75) is 27.3 Å². The van der Waals surface area contributed by atoms with Crippen molar-refractivity contribution >= 4 is 11.3 Å². The van der Waals surface area contributed by atoms with Crippen LogP contribution in [0.4, 0.5) is 0 Å². The molecule has 0 bridgehead atoms. The van der Waals surface area contributed by atoms with E-state index in [9.17, 15) is 0 Å². The summed E-state index contributed by atoms with van der Waals surface area (Å²) in [6.45, 7) is 8.25. The minimum absolute atomic E-state index is 0.694. The molecule has 1 N–H and O–H groups in total. The molecule has 0 aliphatic carbocycles. The van der Waals surface area contributed by atoms with E-state index in [2.05, 4.69) is 29.4 Å². The van der Waals surface area contributed by atoms with Gasteiger partial charge in [0.05, 0.1) is 0 Å². The van der Waals surface area contributed by atoms with Gasteiger partial charge in [0.1, 0.15) is 10.0 Å². The van der Waals surface area contributed by atoms with E-state index in [-0.39, 0.29) is 0 Å². The topological polar surface area (TPSA) is 37.8 Å². The summed E-state index contributed by atoms with van der Waals surface area (Å²) in [4.78, 5) is 0. The second-order valence-corrected chi connectivity index (χ2v) is 4.51. The van der Waals surface area contributed by atoms with Gasteiger partial charge in [0.2, 0.25) is 0 Å². The Labute approximate surface area is 77.2 Å². The number of aryl methyl sites for hydroxylation is 1. The fourth-order valence-electron chi connectivity index (χ4n) is 0.877. The van der Waals surface area contributed by atoms with E-state index >= 15 is 0 Å². The van der Waals surface area contributed by atoms with Crippen LogP contribution in [0.1, 0.15) is 23.9 Å². The molecular weight excluding hydrogens is 170 g/mol. The fraction of sp³-hybridized carbons (Fsp3) is 0.750. The smallest absolute Gasteiger partial charge is 0.131 e. The lowest BCUT2D eigenvalue weighted by Crippen LogP contribution is -2.18. The number of nitrogens with zero attached hydrogens (tertiary/aromatic N) is 2. The van der Waals surface area contributed by atoms with Gasteiger partial charge >= 0.3 is 0 Å². The highest BCUT2D eigenvalue weighted by Gasteiger charge is 1.99. The average Bonchev–Trinajstić information content (AvgIpc) is 2.35. The Bertz CT molecular complexity index is 232. The van der Waals surface area contributed by atoms with Crippen LogP contribution in [-0.2, 0) is 6.54 Å². The first-order valence-corrected chi connectivity index (χ1v) is 5.00. The van der Waals surface area contributed by atoms with Crippen molar-refractivity contribution in [3.63, 3.8) is 0 Å². The van der Waals surface area contributed by atoms with Gasteiger partial charge in [-0.25, -0.2) is 0 Å². The third kappa shape index (κ3) is 3.28. The number of rotatable bonds is 4. The van der Waals surface area contributed by atoms with Crippen molar-refractivity contribution in [2.24, 2.45) is 5.92 Å². The van der Waals surface area contributed by atoms with E-state index in [0.717, 1.165) is 23.1 Å². The third-order valence-corrected chi connectivity index (χ3v) is 2.24. The van der Waals surface area contributed by atoms with Gasteiger partial charge in [0.15, 0.2) is 0 Å². The maximum absolute atomic E-state index is 4.02. The second kappa shape index (κ2) is 4.52. The standard InChI is InChI=1S/C8H15N3S/c1-6(2)4-9-5-8-11-10-7(3)12-8/h6,9H,4-5H2,1-3H3. The number of hydrogen-bond donors (Lipinski definition) is 1. The van der Waals surface area contributed by atoms with Crippen LogP contribution in [0.25, 0.3) is 0 Å². The number of hydrogen-bond acceptors (Lipinski definition) is 4. The zero-order valence-electron chi connectivity index (χ0n) is 7.79. The number of nitrogens with one attached hydrogen (secondary N) is 1. The monoisotopic (exact) mass is 185 g/mol. The van der Waals surface area contributed by atoms with Crippen LogP contribution < -0.4 is 5.32 Å². The van der Waals surface area contributed by atoms with Crippen LogP contribution in [0, 0.1) is 12.8 Å². The lowest BCUT2D eigenvalue weighted by atomic mass is 10.2. The summed E-state index contributed by atoms with van der Waals surface area (Å²) < 4.78 is 0. The average molecular weight is 185 g/mol. The number of aromatic nitrogens is 2. The molecule has 0 radical (unpaired) electrons. The maximum Gasteiger partial charge on any atom is 0.131 e. The molecule has 68 valence electrons. The molecule has 3 nitrogen and oxygen atoms in total. The van der Waals surface area contributed by atoms with E-state index in [0.29, 0.717) is 5.92 Å². The summed E-state index contributed by atoms with van der Waals surface area (Å²) in [6.07, 6.45) is 0. The molecule has 0 saturated heterocycles. The van der Waals surface area contributed by atoms with Gasteiger partial charge in [-0.05, 0) is 19.4 Å². The van der Waals surface area contributed by atoms with Gasteiger partial charge in [-0.2, -0.15) is 0 Å². The van der Waals surface area contributed by atoms with Gasteiger partial charge in [0.25, 0.3) is 0 Å². The molecule has 1 heterocycles. The van der Waals surface area contributed by atoms with Crippen molar-refractivity contribution < 1.29 is 0 Å². The van der Waals surface area contributed by atoms with Crippen molar-refractivity contribution in [1.82, 2.24) is 15.5 Å². The predicted octanol–water partition coefficient (Wildman–Crippen LogP) is 1.59. The second-order valence-electron chi connectivity index (χ2n) is 3.24. The summed E-state index contributed by atoms with van der Waals surface area (Å²) in [5, 5.41) is 13.4. The molecule has 0 aliphatic heterocycles. The summed E-state index contributed by atoms with van der Waals surface area (Å²) in [5.74, 6) is 0.694. The highest BCUT2D eigenvalue weighted by Crippen LogP contribution is 2.06. The molecular formula is C8H15N3S. The van der Waals surface area contributed by atoms with Gasteiger partial charge in [-0.1, -0.05) is 13.8 Å². The molecule has 1 aromatic heterocycles. The first kappa shape index (κ1) is 9.61.